The summed E-state index contributed by atoms with van der Waals surface area (Å²) in [7, 11) is 0. The minimum atomic E-state index is -0.421. The van der Waals surface area contributed by atoms with Gasteiger partial charge in [0.2, 0.25) is 0 Å². The highest BCUT2D eigenvalue weighted by Gasteiger charge is 2.47. The Morgan fingerprint density at radius 3 is 1.74 bits per heavy atom. The topological polar surface area (TPSA) is 54.0 Å². The molecule has 1 heterocycles. The second-order valence-corrected chi connectivity index (χ2v) is 11.8. The van der Waals surface area contributed by atoms with Crippen molar-refractivity contribution in [3.8, 4) is 0 Å². The zero-order chi connectivity index (χ0) is 29.0. The van der Waals surface area contributed by atoms with Gasteiger partial charge >= 0.3 is 0 Å². The van der Waals surface area contributed by atoms with Crippen LogP contribution in [0, 0.1) is 6.92 Å². The lowest BCUT2D eigenvalue weighted by atomic mass is 9.95. The molecular weight excluding hydrogens is 544 g/mol. The molecule has 1 fully saturated rings. The minimum absolute atomic E-state index is 0.173. The Labute approximate surface area is 253 Å². The van der Waals surface area contributed by atoms with Crippen molar-refractivity contribution in [3.63, 3.8) is 0 Å². The van der Waals surface area contributed by atoms with E-state index in [1.165, 1.54) is 5.56 Å². The maximum Gasteiger partial charge on any atom is 0.122 e. The smallest absolute Gasteiger partial charge is 0.122 e. The van der Waals surface area contributed by atoms with Crippen LogP contribution in [0.3, 0.4) is 0 Å². The number of aldehydes is 1. The number of hydrogen-bond donors (Lipinski definition) is 0. The highest BCUT2D eigenvalue weighted by atomic mass is 32.2. The van der Waals surface area contributed by atoms with Crippen LogP contribution < -0.4 is 0 Å². The Hall–Kier alpha value is -3.26. The van der Waals surface area contributed by atoms with Gasteiger partial charge in [-0.15, -0.1) is 11.8 Å². The van der Waals surface area contributed by atoms with E-state index in [4.69, 9.17) is 18.9 Å². The van der Waals surface area contributed by atoms with E-state index in [0.29, 0.717) is 26.4 Å². The van der Waals surface area contributed by atoms with Crippen molar-refractivity contribution in [3.05, 3.63) is 138 Å². The summed E-state index contributed by atoms with van der Waals surface area (Å²) in [6.07, 6.45) is -0.362. The standard InChI is InChI=1S/C36H38O5S/c1-27-17-19-31(20-18-27)42-36-32(21-22-37)41-33(26-38-23-28-11-5-2-6-12-28)34(39-24-29-13-7-3-8-14-29)35(36)40-25-30-15-9-4-10-16-30/h2-20,22,32-36H,21,23-26H2,1H3/t32-,33+,34-,35-,36-/m0/s1. The number of thioether (sulfide) groups is 1. The zero-order valence-corrected chi connectivity index (χ0v) is 24.7. The van der Waals surface area contributed by atoms with Crippen LogP contribution in [0.15, 0.2) is 120 Å². The van der Waals surface area contributed by atoms with Gasteiger partial charge in [0, 0.05) is 11.3 Å². The normalized spacial score (nSPS) is 22.1. The summed E-state index contributed by atoms with van der Waals surface area (Å²) in [5, 5.41) is -0.173. The third-order valence-corrected chi connectivity index (χ3v) is 8.70. The van der Waals surface area contributed by atoms with Gasteiger partial charge in [-0.2, -0.15) is 0 Å². The Balaban J connectivity index is 1.43. The Bertz CT molecular complexity index is 1330. The van der Waals surface area contributed by atoms with Crippen LogP contribution in [0.5, 0.6) is 0 Å². The highest BCUT2D eigenvalue weighted by molar-refractivity contribution is 8.00. The number of aryl methyl sites for hydroxylation is 1. The van der Waals surface area contributed by atoms with Gasteiger partial charge < -0.3 is 23.7 Å². The second-order valence-electron chi connectivity index (χ2n) is 10.5. The molecule has 1 saturated heterocycles. The predicted molar refractivity (Wildman–Crippen MR) is 166 cm³/mol. The molecule has 4 aromatic carbocycles. The van der Waals surface area contributed by atoms with E-state index in [9.17, 15) is 4.79 Å². The van der Waals surface area contributed by atoms with Crippen LogP contribution in [0.2, 0.25) is 0 Å². The van der Waals surface area contributed by atoms with Gasteiger partial charge in [0.1, 0.15) is 24.6 Å². The van der Waals surface area contributed by atoms with Crippen molar-refractivity contribution in [1.82, 2.24) is 0 Å². The van der Waals surface area contributed by atoms with E-state index >= 15 is 0 Å². The molecule has 42 heavy (non-hydrogen) atoms. The first-order valence-corrected chi connectivity index (χ1v) is 15.3. The van der Waals surface area contributed by atoms with E-state index < -0.39 is 12.2 Å². The van der Waals surface area contributed by atoms with E-state index in [1.54, 1.807) is 11.8 Å². The number of benzene rings is 4. The van der Waals surface area contributed by atoms with Crippen LogP contribution >= 0.6 is 11.8 Å². The summed E-state index contributed by atoms with van der Waals surface area (Å²) >= 11 is 1.68. The molecule has 5 atom stereocenters. The Morgan fingerprint density at radius 1 is 0.667 bits per heavy atom. The summed E-state index contributed by atoms with van der Waals surface area (Å²) in [5.41, 5.74) is 4.43. The predicted octanol–water partition coefficient (Wildman–Crippen LogP) is 7.20. The Kier molecular flexibility index (Phi) is 11.4. The molecule has 6 heteroatoms. The number of carbonyl (C=O) groups excluding carboxylic acids is 1. The van der Waals surface area contributed by atoms with Gasteiger partial charge in [0.25, 0.3) is 0 Å². The fourth-order valence-corrected chi connectivity index (χ4v) is 6.42. The minimum Gasteiger partial charge on any atom is -0.374 e. The third kappa shape index (κ3) is 8.63. The number of carbonyl (C=O) groups is 1. The molecular formula is C36H38O5S. The first-order valence-electron chi connectivity index (χ1n) is 14.4. The van der Waals surface area contributed by atoms with E-state index in [0.717, 1.165) is 27.9 Å². The number of hydrogen-bond acceptors (Lipinski definition) is 6. The molecule has 5 rings (SSSR count). The van der Waals surface area contributed by atoms with Crippen molar-refractivity contribution in [1.29, 1.82) is 0 Å². The molecule has 0 amide bonds. The van der Waals surface area contributed by atoms with Crippen LogP contribution in [-0.2, 0) is 43.6 Å². The van der Waals surface area contributed by atoms with Crippen LogP contribution in [0.25, 0.3) is 0 Å². The Morgan fingerprint density at radius 2 is 1.19 bits per heavy atom. The molecule has 0 radical (unpaired) electrons. The van der Waals surface area contributed by atoms with Crippen LogP contribution in [-0.4, -0.2) is 42.6 Å². The first kappa shape index (κ1) is 30.2. The molecule has 0 bridgehead atoms. The second kappa shape index (κ2) is 15.8. The molecule has 0 unspecified atom stereocenters. The summed E-state index contributed by atoms with van der Waals surface area (Å²) in [6.45, 7) is 3.69. The van der Waals surface area contributed by atoms with Crippen molar-refractivity contribution in [2.45, 2.75) is 67.7 Å². The van der Waals surface area contributed by atoms with Crippen molar-refractivity contribution in [2.24, 2.45) is 0 Å². The largest absolute Gasteiger partial charge is 0.374 e. The van der Waals surface area contributed by atoms with E-state index in [1.807, 2.05) is 66.7 Å². The molecule has 0 spiro atoms. The summed E-state index contributed by atoms with van der Waals surface area (Å²) in [5.74, 6) is 0. The van der Waals surface area contributed by atoms with Crippen molar-refractivity contribution < 1.29 is 23.7 Å². The molecule has 0 aromatic heterocycles. The van der Waals surface area contributed by atoms with Gasteiger partial charge in [-0.1, -0.05) is 109 Å². The van der Waals surface area contributed by atoms with Gasteiger partial charge in [-0.25, -0.2) is 0 Å². The lowest BCUT2D eigenvalue weighted by Gasteiger charge is -2.46. The van der Waals surface area contributed by atoms with Gasteiger partial charge in [-0.05, 0) is 35.7 Å². The molecule has 0 aliphatic carbocycles. The van der Waals surface area contributed by atoms with E-state index in [-0.39, 0.29) is 23.9 Å². The monoisotopic (exact) mass is 582 g/mol. The zero-order valence-electron chi connectivity index (χ0n) is 23.9. The molecule has 4 aromatic rings. The molecule has 0 saturated carbocycles. The maximum atomic E-state index is 11.9. The number of ether oxygens (including phenoxy) is 4. The average molecular weight is 583 g/mol. The summed E-state index contributed by atoms with van der Waals surface area (Å²) < 4.78 is 26.3. The molecule has 1 aliphatic heterocycles. The maximum absolute atomic E-state index is 11.9. The lowest BCUT2D eigenvalue weighted by molar-refractivity contribution is -0.216. The van der Waals surface area contributed by atoms with Gasteiger partial charge in [0.15, 0.2) is 0 Å². The summed E-state index contributed by atoms with van der Waals surface area (Å²) in [4.78, 5) is 13.0. The fourth-order valence-electron chi connectivity index (χ4n) is 5.12. The van der Waals surface area contributed by atoms with E-state index in [2.05, 4.69) is 55.5 Å². The van der Waals surface area contributed by atoms with Crippen molar-refractivity contribution >= 4 is 18.0 Å². The van der Waals surface area contributed by atoms with Gasteiger partial charge in [-0.3, -0.25) is 0 Å². The fraction of sp³-hybridized carbons (Fsp3) is 0.306. The van der Waals surface area contributed by atoms with Crippen LogP contribution in [0.1, 0.15) is 28.7 Å². The molecule has 5 nitrogen and oxygen atoms in total. The van der Waals surface area contributed by atoms with Crippen molar-refractivity contribution in [2.75, 3.05) is 6.61 Å². The summed E-state index contributed by atoms with van der Waals surface area (Å²) in [6, 6.07) is 38.8. The van der Waals surface area contributed by atoms with Gasteiger partial charge in [0.05, 0.1) is 37.8 Å². The SMILES string of the molecule is Cc1ccc(S[C@@H]2[C@@H](OCc3ccccc3)[C@@H](OCc3ccccc3)[C@@H](COCc3ccccc3)O[C@H]2CC=O)cc1. The quantitative estimate of drug-likeness (QED) is 0.147. The average Bonchev–Trinajstić information content (AvgIpc) is 3.03. The molecule has 1 aliphatic rings. The molecule has 0 N–H and O–H groups in total. The lowest BCUT2D eigenvalue weighted by Crippen LogP contribution is -2.59. The number of rotatable bonds is 14. The molecule has 218 valence electrons. The first-order chi connectivity index (χ1) is 20.7. The third-order valence-electron chi connectivity index (χ3n) is 7.32. The highest BCUT2D eigenvalue weighted by Crippen LogP contribution is 2.39. The van der Waals surface area contributed by atoms with Crippen LogP contribution in [0.4, 0.5) is 0 Å².